The van der Waals surface area contributed by atoms with E-state index in [2.05, 4.69) is 29.0 Å². The Hall–Kier alpha value is -1.18. The largest absolute Gasteiger partial charge is 0.373 e. The number of piperidine rings is 1. The van der Waals surface area contributed by atoms with Crippen molar-refractivity contribution in [1.82, 2.24) is 20.0 Å². The van der Waals surface area contributed by atoms with Crippen molar-refractivity contribution in [2.75, 3.05) is 45.8 Å². The van der Waals surface area contributed by atoms with Crippen LogP contribution >= 0.6 is 0 Å². The van der Waals surface area contributed by atoms with Crippen LogP contribution in [-0.4, -0.2) is 96.6 Å². The second kappa shape index (κ2) is 9.34. The zero-order valence-corrected chi connectivity index (χ0v) is 17.2. The Morgan fingerprint density at radius 1 is 1.04 bits per heavy atom. The summed E-state index contributed by atoms with van der Waals surface area (Å²) < 4.78 is 5.84. The van der Waals surface area contributed by atoms with Crippen molar-refractivity contribution in [2.24, 2.45) is 0 Å². The lowest BCUT2D eigenvalue weighted by Gasteiger charge is -2.38. The van der Waals surface area contributed by atoms with E-state index in [0.29, 0.717) is 12.6 Å². The van der Waals surface area contributed by atoms with Crippen LogP contribution in [0.1, 0.15) is 46.5 Å². The highest BCUT2D eigenvalue weighted by Crippen LogP contribution is 2.20. The van der Waals surface area contributed by atoms with Gasteiger partial charge in [0, 0.05) is 51.7 Å². The Morgan fingerprint density at radius 3 is 2.33 bits per heavy atom. The molecule has 0 aliphatic carbocycles. The van der Waals surface area contributed by atoms with Crippen LogP contribution in [0.5, 0.6) is 0 Å². The highest BCUT2D eigenvalue weighted by atomic mass is 16.5. The van der Waals surface area contributed by atoms with Gasteiger partial charge in [0.15, 0.2) is 0 Å². The van der Waals surface area contributed by atoms with Crippen LogP contribution in [-0.2, 0) is 14.3 Å². The zero-order chi connectivity index (χ0) is 19.4. The molecule has 0 aromatic rings. The van der Waals surface area contributed by atoms with Gasteiger partial charge in [-0.2, -0.15) is 0 Å². The first-order chi connectivity index (χ1) is 12.9. The summed E-state index contributed by atoms with van der Waals surface area (Å²) in [6.07, 6.45) is 4.63. The number of rotatable bonds is 5. The normalized spacial score (nSPS) is 31.2. The summed E-state index contributed by atoms with van der Waals surface area (Å²) in [5.41, 5.74) is 0. The molecule has 3 fully saturated rings. The van der Waals surface area contributed by atoms with Gasteiger partial charge in [0.05, 0.1) is 18.8 Å². The summed E-state index contributed by atoms with van der Waals surface area (Å²) in [6.45, 7) is 11.9. The lowest BCUT2D eigenvalue weighted by Crippen LogP contribution is -2.52. The van der Waals surface area contributed by atoms with E-state index in [1.807, 2.05) is 4.90 Å². The van der Waals surface area contributed by atoms with E-state index in [1.54, 1.807) is 6.92 Å². The van der Waals surface area contributed by atoms with Gasteiger partial charge < -0.3 is 15.0 Å². The van der Waals surface area contributed by atoms with Crippen LogP contribution in [0.15, 0.2) is 0 Å². The van der Waals surface area contributed by atoms with Crippen LogP contribution in [0, 0.1) is 0 Å². The standard InChI is InChI=1S/C20H36N4O3/c1-15-11-22(12-16(2)27-15)13-19-5-4-8-24(19)14-20(26)21-18-6-9-23(10-7-18)17(3)25/h15-16,18-19H,4-14H2,1-3H3,(H,21,26). The second-order valence-electron chi connectivity index (χ2n) is 8.59. The molecule has 0 bridgehead atoms. The highest BCUT2D eigenvalue weighted by molar-refractivity contribution is 5.78. The molecule has 0 spiro atoms. The molecule has 3 aliphatic rings. The third-order valence-electron chi connectivity index (χ3n) is 6.12. The molecule has 0 aromatic carbocycles. The maximum absolute atomic E-state index is 12.6. The molecule has 3 atom stereocenters. The minimum Gasteiger partial charge on any atom is -0.373 e. The molecule has 2 amide bonds. The number of nitrogens with zero attached hydrogens (tertiary/aromatic N) is 3. The number of nitrogens with one attached hydrogen (secondary N) is 1. The summed E-state index contributed by atoms with van der Waals surface area (Å²) in [5.74, 6) is 0.262. The van der Waals surface area contributed by atoms with Crippen LogP contribution in [0.25, 0.3) is 0 Å². The van der Waals surface area contributed by atoms with Crippen LogP contribution in [0.4, 0.5) is 0 Å². The Labute approximate surface area is 163 Å². The van der Waals surface area contributed by atoms with Crippen molar-refractivity contribution in [3.8, 4) is 0 Å². The molecule has 154 valence electrons. The van der Waals surface area contributed by atoms with Gasteiger partial charge in [-0.3, -0.25) is 19.4 Å². The number of amides is 2. The zero-order valence-electron chi connectivity index (χ0n) is 17.2. The summed E-state index contributed by atoms with van der Waals surface area (Å²) in [7, 11) is 0. The van der Waals surface area contributed by atoms with Crippen molar-refractivity contribution >= 4 is 11.8 Å². The molecule has 3 saturated heterocycles. The van der Waals surface area contributed by atoms with Crippen molar-refractivity contribution < 1.29 is 14.3 Å². The summed E-state index contributed by atoms with van der Waals surface area (Å²) >= 11 is 0. The van der Waals surface area contributed by atoms with Crippen LogP contribution in [0.3, 0.4) is 0 Å². The molecule has 3 rings (SSSR count). The molecule has 0 saturated carbocycles. The minimum atomic E-state index is 0.131. The average Bonchev–Trinajstić information content (AvgIpc) is 3.01. The quantitative estimate of drug-likeness (QED) is 0.760. The lowest BCUT2D eigenvalue weighted by atomic mass is 10.0. The van der Waals surface area contributed by atoms with E-state index in [-0.39, 0.29) is 30.1 Å². The van der Waals surface area contributed by atoms with E-state index < -0.39 is 0 Å². The topological polar surface area (TPSA) is 65.1 Å². The Bertz CT molecular complexity index is 511. The van der Waals surface area contributed by atoms with Gasteiger partial charge in [-0.05, 0) is 46.1 Å². The SMILES string of the molecule is CC(=O)N1CCC(NC(=O)CN2CCCC2CN2CC(C)OC(C)C2)CC1. The third kappa shape index (κ3) is 5.90. The smallest absolute Gasteiger partial charge is 0.234 e. The van der Waals surface area contributed by atoms with Gasteiger partial charge in [0.2, 0.25) is 11.8 Å². The minimum absolute atomic E-state index is 0.131. The summed E-state index contributed by atoms with van der Waals surface area (Å²) in [5, 5.41) is 3.19. The van der Waals surface area contributed by atoms with Crippen LogP contribution < -0.4 is 5.32 Å². The molecule has 0 radical (unpaired) electrons. The fourth-order valence-corrected chi connectivity index (χ4v) is 4.84. The predicted octanol–water partition coefficient (Wildman–Crippen LogP) is 0.687. The predicted molar refractivity (Wildman–Crippen MR) is 104 cm³/mol. The summed E-state index contributed by atoms with van der Waals surface area (Å²) in [4.78, 5) is 30.7. The van der Waals surface area contributed by atoms with Crippen LogP contribution in [0.2, 0.25) is 0 Å². The van der Waals surface area contributed by atoms with Gasteiger partial charge in [-0.25, -0.2) is 0 Å². The molecule has 7 nitrogen and oxygen atoms in total. The van der Waals surface area contributed by atoms with Gasteiger partial charge in [-0.15, -0.1) is 0 Å². The van der Waals surface area contributed by atoms with Gasteiger partial charge in [-0.1, -0.05) is 0 Å². The molecule has 0 aromatic heterocycles. The van der Waals surface area contributed by atoms with E-state index in [1.165, 1.54) is 12.8 Å². The Balaban J connectivity index is 1.42. The maximum atomic E-state index is 12.6. The number of likely N-dealkylation sites (tertiary alicyclic amines) is 2. The number of morpholine rings is 1. The second-order valence-corrected chi connectivity index (χ2v) is 8.59. The monoisotopic (exact) mass is 380 g/mol. The molecule has 3 unspecified atom stereocenters. The average molecular weight is 381 g/mol. The number of hydrogen-bond acceptors (Lipinski definition) is 5. The van der Waals surface area contributed by atoms with Crippen molar-refractivity contribution in [3.63, 3.8) is 0 Å². The first kappa shape index (κ1) is 20.6. The van der Waals surface area contributed by atoms with Crippen molar-refractivity contribution in [2.45, 2.75) is 70.7 Å². The fraction of sp³-hybridized carbons (Fsp3) is 0.900. The first-order valence-electron chi connectivity index (χ1n) is 10.6. The fourth-order valence-electron chi connectivity index (χ4n) is 4.84. The molecule has 1 N–H and O–H groups in total. The molecule has 27 heavy (non-hydrogen) atoms. The molecular formula is C20H36N4O3. The Kier molecular flexibility index (Phi) is 7.11. The molecule has 3 heterocycles. The molecular weight excluding hydrogens is 344 g/mol. The molecule has 3 aliphatic heterocycles. The first-order valence-corrected chi connectivity index (χ1v) is 10.6. The van der Waals surface area contributed by atoms with Crippen molar-refractivity contribution in [3.05, 3.63) is 0 Å². The number of hydrogen-bond donors (Lipinski definition) is 1. The molecule has 7 heteroatoms. The maximum Gasteiger partial charge on any atom is 0.234 e. The third-order valence-corrected chi connectivity index (χ3v) is 6.12. The van der Waals surface area contributed by atoms with E-state index in [0.717, 1.165) is 52.1 Å². The highest BCUT2D eigenvalue weighted by Gasteiger charge is 2.31. The van der Waals surface area contributed by atoms with E-state index in [9.17, 15) is 9.59 Å². The van der Waals surface area contributed by atoms with E-state index in [4.69, 9.17) is 4.74 Å². The number of carbonyl (C=O) groups excluding carboxylic acids is 2. The Morgan fingerprint density at radius 2 is 1.70 bits per heavy atom. The van der Waals surface area contributed by atoms with Gasteiger partial charge >= 0.3 is 0 Å². The summed E-state index contributed by atoms with van der Waals surface area (Å²) in [6, 6.07) is 0.669. The van der Waals surface area contributed by atoms with Crippen molar-refractivity contribution in [1.29, 1.82) is 0 Å². The van der Waals surface area contributed by atoms with Gasteiger partial charge in [0.25, 0.3) is 0 Å². The lowest BCUT2D eigenvalue weighted by molar-refractivity contribution is -0.130. The number of ether oxygens (including phenoxy) is 1. The number of carbonyl (C=O) groups is 2. The van der Waals surface area contributed by atoms with E-state index >= 15 is 0 Å². The van der Waals surface area contributed by atoms with Gasteiger partial charge in [0.1, 0.15) is 0 Å².